The van der Waals surface area contributed by atoms with Crippen LogP contribution in [-0.4, -0.2) is 9.97 Å². The molecule has 13 heavy (non-hydrogen) atoms. The maximum absolute atomic E-state index is 11.1. The van der Waals surface area contributed by atoms with Crippen molar-refractivity contribution < 1.29 is 0 Å². The van der Waals surface area contributed by atoms with Crippen LogP contribution in [0.2, 0.25) is 0 Å². The highest BCUT2D eigenvalue weighted by Gasteiger charge is 2.10. The van der Waals surface area contributed by atoms with Gasteiger partial charge in [0.25, 0.3) is 5.56 Å². The first-order chi connectivity index (χ1) is 6.04. The highest BCUT2D eigenvalue weighted by molar-refractivity contribution is 5.70. The van der Waals surface area contributed by atoms with Crippen LogP contribution in [0.25, 0.3) is 5.57 Å². The molecule has 1 rings (SSSR count). The first-order valence-corrected chi connectivity index (χ1v) is 4.06. The molecule has 0 atom stereocenters. The topological polar surface area (TPSA) is 71.8 Å². The van der Waals surface area contributed by atoms with Crippen molar-refractivity contribution in [2.75, 3.05) is 5.73 Å². The van der Waals surface area contributed by atoms with Gasteiger partial charge in [-0.2, -0.15) is 0 Å². The summed E-state index contributed by atoms with van der Waals surface area (Å²) in [5.41, 5.74) is 6.66. The molecule has 0 radical (unpaired) electrons. The molecule has 0 saturated carbocycles. The summed E-state index contributed by atoms with van der Waals surface area (Å²) in [6.45, 7) is 7.78. The van der Waals surface area contributed by atoms with Crippen molar-refractivity contribution in [1.29, 1.82) is 0 Å². The summed E-state index contributed by atoms with van der Waals surface area (Å²) < 4.78 is 0. The lowest BCUT2D eigenvalue weighted by Gasteiger charge is -2.09. The summed E-state index contributed by atoms with van der Waals surface area (Å²) in [5, 5.41) is 0. The molecule has 0 unspecified atom stereocenters. The fourth-order valence-corrected chi connectivity index (χ4v) is 0.940. The monoisotopic (exact) mass is 179 g/mol. The maximum atomic E-state index is 11.1. The molecule has 0 aliphatic rings. The van der Waals surface area contributed by atoms with E-state index in [9.17, 15) is 4.79 Å². The third-order valence-electron chi connectivity index (χ3n) is 1.89. The predicted octanol–water partition coefficient (Wildman–Crippen LogP) is 1.02. The Hall–Kier alpha value is -1.58. The summed E-state index contributed by atoms with van der Waals surface area (Å²) in [6, 6.07) is 0. The molecule has 1 aromatic rings. The van der Waals surface area contributed by atoms with Gasteiger partial charge < -0.3 is 10.7 Å². The molecular weight excluding hydrogens is 166 g/mol. The van der Waals surface area contributed by atoms with Gasteiger partial charge in [-0.1, -0.05) is 20.4 Å². The Kier molecular flexibility index (Phi) is 2.51. The Morgan fingerprint density at radius 3 is 2.85 bits per heavy atom. The number of allylic oxidation sites excluding steroid dienone is 1. The van der Waals surface area contributed by atoms with E-state index in [1.807, 2.05) is 13.8 Å². The number of nitrogens with two attached hydrogens (primary N) is 1. The Bertz CT molecular complexity index is 379. The van der Waals surface area contributed by atoms with Crippen molar-refractivity contribution in [3.63, 3.8) is 0 Å². The van der Waals surface area contributed by atoms with Crippen LogP contribution in [0.5, 0.6) is 0 Å². The molecule has 3 N–H and O–H groups in total. The Morgan fingerprint density at radius 1 is 1.69 bits per heavy atom. The highest BCUT2D eigenvalue weighted by atomic mass is 16.1. The third kappa shape index (κ3) is 1.77. The zero-order valence-electron chi connectivity index (χ0n) is 7.79. The van der Waals surface area contributed by atoms with Crippen LogP contribution < -0.4 is 11.3 Å². The molecule has 0 bridgehead atoms. The number of nitrogens with zero attached hydrogens (tertiary/aromatic N) is 1. The van der Waals surface area contributed by atoms with Crippen LogP contribution in [0, 0.1) is 5.92 Å². The quantitative estimate of drug-likeness (QED) is 0.712. The van der Waals surface area contributed by atoms with E-state index in [4.69, 9.17) is 5.73 Å². The van der Waals surface area contributed by atoms with Crippen molar-refractivity contribution in [1.82, 2.24) is 9.97 Å². The van der Waals surface area contributed by atoms with Crippen LogP contribution in [0.1, 0.15) is 19.5 Å². The molecule has 0 spiro atoms. The fraction of sp³-hybridized carbons (Fsp3) is 0.333. The molecular formula is C9H13N3O. The molecule has 0 aliphatic heterocycles. The number of aromatic amines is 1. The average Bonchev–Trinajstić information content (AvgIpc) is 2.08. The van der Waals surface area contributed by atoms with E-state index in [1.54, 1.807) is 0 Å². The van der Waals surface area contributed by atoms with E-state index in [0.29, 0.717) is 5.69 Å². The van der Waals surface area contributed by atoms with Crippen LogP contribution >= 0.6 is 0 Å². The number of rotatable bonds is 2. The van der Waals surface area contributed by atoms with Crippen molar-refractivity contribution in [3.05, 3.63) is 29.0 Å². The van der Waals surface area contributed by atoms with E-state index in [0.717, 1.165) is 5.57 Å². The minimum absolute atomic E-state index is 0.140. The van der Waals surface area contributed by atoms with Gasteiger partial charge in [0.05, 0.1) is 12.0 Å². The van der Waals surface area contributed by atoms with E-state index >= 15 is 0 Å². The second-order valence-electron chi connectivity index (χ2n) is 3.17. The van der Waals surface area contributed by atoms with Gasteiger partial charge in [0.2, 0.25) is 0 Å². The molecule has 4 heteroatoms. The summed E-state index contributed by atoms with van der Waals surface area (Å²) >= 11 is 0. The van der Waals surface area contributed by atoms with Crippen LogP contribution in [0.3, 0.4) is 0 Å². The Labute approximate surface area is 76.5 Å². The molecule has 0 saturated heterocycles. The van der Waals surface area contributed by atoms with Crippen molar-refractivity contribution >= 4 is 11.3 Å². The second-order valence-corrected chi connectivity index (χ2v) is 3.17. The van der Waals surface area contributed by atoms with Gasteiger partial charge in [-0.15, -0.1) is 0 Å². The molecule has 0 aliphatic carbocycles. The normalized spacial score (nSPS) is 10.4. The molecule has 0 fully saturated rings. The molecule has 1 aromatic heterocycles. The number of anilines is 1. The smallest absolute Gasteiger partial charge is 0.274 e. The average molecular weight is 179 g/mol. The summed E-state index contributed by atoms with van der Waals surface area (Å²) in [4.78, 5) is 17.5. The summed E-state index contributed by atoms with van der Waals surface area (Å²) in [5.74, 6) is 0.233. The number of hydrogen-bond acceptors (Lipinski definition) is 3. The minimum Gasteiger partial charge on any atom is -0.392 e. The van der Waals surface area contributed by atoms with Crippen molar-refractivity contribution in [2.45, 2.75) is 13.8 Å². The number of hydrogen-bond donors (Lipinski definition) is 2. The second kappa shape index (κ2) is 3.43. The van der Waals surface area contributed by atoms with Crippen LogP contribution in [-0.2, 0) is 0 Å². The lowest BCUT2D eigenvalue weighted by Crippen LogP contribution is -2.15. The van der Waals surface area contributed by atoms with Crippen molar-refractivity contribution in [2.24, 2.45) is 5.92 Å². The summed E-state index contributed by atoms with van der Waals surface area (Å²) in [6.07, 6.45) is 1.33. The number of nitrogens with one attached hydrogen (secondary N) is 1. The Morgan fingerprint density at radius 2 is 2.31 bits per heavy atom. The van der Waals surface area contributed by atoms with Gasteiger partial charge in [-0.3, -0.25) is 4.79 Å². The maximum Gasteiger partial charge on any atom is 0.274 e. The minimum atomic E-state index is -0.313. The zero-order chi connectivity index (χ0) is 10.0. The van der Waals surface area contributed by atoms with Crippen LogP contribution in [0.4, 0.5) is 5.69 Å². The zero-order valence-corrected chi connectivity index (χ0v) is 7.79. The third-order valence-corrected chi connectivity index (χ3v) is 1.89. The molecule has 70 valence electrons. The van der Waals surface area contributed by atoms with Gasteiger partial charge in [-0.05, 0) is 11.5 Å². The lowest BCUT2D eigenvalue weighted by atomic mass is 10.0. The highest BCUT2D eigenvalue weighted by Crippen LogP contribution is 2.20. The van der Waals surface area contributed by atoms with Crippen LogP contribution in [0.15, 0.2) is 17.7 Å². The number of H-pyrrole nitrogens is 1. The molecule has 0 amide bonds. The van der Waals surface area contributed by atoms with E-state index in [1.165, 1.54) is 6.33 Å². The molecule has 4 nitrogen and oxygen atoms in total. The summed E-state index contributed by atoms with van der Waals surface area (Å²) in [7, 11) is 0. The SMILES string of the molecule is C=C(c1nc[nH]c(=O)c1N)C(C)C. The van der Waals surface area contributed by atoms with Gasteiger partial charge >= 0.3 is 0 Å². The van der Waals surface area contributed by atoms with E-state index in [-0.39, 0.29) is 17.2 Å². The Balaban J connectivity index is 3.23. The predicted molar refractivity (Wildman–Crippen MR) is 53.1 cm³/mol. The molecule has 1 heterocycles. The first kappa shape index (κ1) is 9.51. The van der Waals surface area contributed by atoms with Crippen molar-refractivity contribution in [3.8, 4) is 0 Å². The fourth-order valence-electron chi connectivity index (χ4n) is 0.940. The van der Waals surface area contributed by atoms with Gasteiger partial charge in [0.1, 0.15) is 5.69 Å². The van der Waals surface area contributed by atoms with Gasteiger partial charge in [0.15, 0.2) is 0 Å². The standard InChI is InChI=1S/C9H13N3O/c1-5(2)6(3)8-7(10)9(13)12-4-11-8/h4-5H,3,10H2,1-2H3,(H,11,12,13). The molecule has 0 aromatic carbocycles. The van der Waals surface area contributed by atoms with Gasteiger partial charge in [-0.25, -0.2) is 4.98 Å². The number of nitrogen functional groups attached to an aromatic ring is 1. The number of aromatic nitrogens is 2. The van der Waals surface area contributed by atoms with E-state index in [2.05, 4.69) is 16.5 Å². The largest absolute Gasteiger partial charge is 0.392 e. The first-order valence-electron chi connectivity index (χ1n) is 4.06. The van der Waals surface area contributed by atoms with Gasteiger partial charge in [0, 0.05) is 0 Å². The van der Waals surface area contributed by atoms with E-state index < -0.39 is 0 Å². The lowest BCUT2D eigenvalue weighted by molar-refractivity contribution is 0.849.